The van der Waals surface area contributed by atoms with Crippen LogP contribution in [-0.4, -0.2) is 136 Å². The number of hydrogen-bond donors (Lipinski definition) is 0. The van der Waals surface area contributed by atoms with Crippen molar-refractivity contribution in [3.63, 3.8) is 0 Å². The molecule has 0 amide bonds. The summed E-state index contributed by atoms with van der Waals surface area (Å²) in [6, 6.07) is 2.49. The standard InChI is InChI=1S/C32H44F3N5O11/c33-26-21-29(34)32(30(35)22-26)51-31(42)2-6-43-9-12-46-15-16-48-14-11-45-8-5-40-23-28(36-38-40)25-50-20-19-49-18-17-47-13-10-44-7-4-39-3-1-27(24-41)37-39/h1,3,21-24H,2,4-20,25H2. The Balaban J connectivity index is 1.01. The van der Waals surface area contributed by atoms with Crippen LogP contribution in [0.3, 0.4) is 0 Å². The van der Waals surface area contributed by atoms with Gasteiger partial charge in [-0.25, -0.2) is 17.9 Å². The molecule has 0 saturated carbocycles. The van der Waals surface area contributed by atoms with Crippen LogP contribution in [0.15, 0.2) is 30.6 Å². The van der Waals surface area contributed by atoms with Crippen molar-refractivity contribution in [1.82, 2.24) is 24.8 Å². The molecule has 2 heterocycles. The fourth-order valence-electron chi connectivity index (χ4n) is 3.94. The van der Waals surface area contributed by atoms with E-state index in [2.05, 4.69) is 20.1 Å². The molecule has 0 saturated heterocycles. The van der Waals surface area contributed by atoms with Gasteiger partial charge < -0.3 is 42.6 Å². The lowest BCUT2D eigenvalue weighted by Crippen LogP contribution is -2.15. The van der Waals surface area contributed by atoms with Gasteiger partial charge in [-0.15, -0.1) is 5.10 Å². The van der Waals surface area contributed by atoms with Crippen molar-refractivity contribution in [2.75, 3.05) is 99.1 Å². The maximum atomic E-state index is 13.5. The van der Waals surface area contributed by atoms with Crippen molar-refractivity contribution in [2.24, 2.45) is 0 Å². The molecule has 0 fully saturated rings. The molecule has 1 aromatic carbocycles. The highest BCUT2D eigenvalue weighted by atomic mass is 19.1. The molecular formula is C32H44F3N5O11. The quantitative estimate of drug-likeness (QED) is 0.0408. The first-order valence-electron chi connectivity index (χ1n) is 16.3. The van der Waals surface area contributed by atoms with E-state index in [1.165, 1.54) is 0 Å². The van der Waals surface area contributed by atoms with Gasteiger partial charge in [-0.2, -0.15) is 5.10 Å². The number of nitrogens with zero attached hydrogens (tertiary/aromatic N) is 5. The molecule has 16 nitrogen and oxygen atoms in total. The number of halogens is 3. The highest BCUT2D eigenvalue weighted by Gasteiger charge is 2.16. The third kappa shape index (κ3) is 18.8. The van der Waals surface area contributed by atoms with E-state index in [9.17, 15) is 22.8 Å². The second kappa shape index (κ2) is 26.0. The predicted molar refractivity (Wildman–Crippen MR) is 170 cm³/mol. The molecular weight excluding hydrogens is 687 g/mol. The number of aldehydes is 1. The van der Waals surface area contributed by atoms with Crippen molar-refractivity contribution >= 4 is 12.3 Å². The van der Waals surface area contributed by atoms with Crippen LogP contribution >= 0.6 is 0 Å². The van der Waals surface area contributed by atoms with Gasteiger partial charge in [0.15, 0.2) is 17.9 Å². The molecule has 0 atom stereocenters. The van der Waals surface area contributed by atoms with Crippen LogP contribution < -0.4 is 4.74 Å². The van der Waals surface area contributed by atoms with Crippen LogP contribution in [0, 0.1) is 17.5 Å². The van der Waals surface area contributed by atoms with Gasteiger partial charge in [0.25, 0.3) is 0 Å². The monoisotopic (exact) mass is 731 g/mol. The third-order valence-corrected chi connectivity index (χ3v) is 6.41. The van der Waals surface area contributed by atoms with Gasteiger partial charge in [-0.05, 0) is 6.07 Å². The average molecular weight is 732 g/mol. The van der Waals surface area contributed by atoms with Crippen molar-refractivity contribution < 1.29 is 65.4 Å². The summed E-state index contributed by atoms with van der Waals surface area (Å²) < 4.78 is 91.4. The Bertz CT molecular complexity index is 1380. The molecule has 3 aromatic rings. The van der Waals surface area contributed by atoms with E-state index in [1.807, 2.05) is 0 Å². The Hall–Kier alpha value is -3.82. The number of aromatic nitrogens is 5. The van der Waals surface area contributed by atoms with E-state index in [0.29, 0.717) is 129 Å². The molecule has 284 valence electrons. The number of carbonyl (C=O) groups excluding carboxylic acids is 2. The van der Waals surface area contributed by atoms with Gasteiger partial charge >= 0.3 is 5.97 Å². The zero-order valence-electron chi connectivity index (χ0n) is 28.3. The molecule has 0 aliphatic rings. The highest BCUT2D eigenvalue weighted by molar-refractivity contribution is 5.72. The van der Waals surface area contributed by atoms with Crippen LogP contribution in [0.25, 0.3) is 0 Å². The number of hydrogen-bond acceptors (Lipinski definition) is 14. The normalized spacial score (nSPS) is 11.4. The van der Waals surface area contributed by atoms with E-state index in [1.54, 1.807) is 27.8 Å². The number of carbonyl (C=O) groups is 2. The van der Waals surface area contributed by atoms with E-state index >= 15 is 0 Å². The molecule has 0 N–H and O–H groups in total. The minimum atomic E-state index is -1.30. The molecule has 0 aliphatic carbocycles. The van der Waals surface area contributed by atoms with E-state index in [4.69, 9.17) is 37.9 Å². The van der Waals surface area contributed by atoms with Gasteiger partial charge in [0.05, 0.1) is 131 Å². The maximum Gasteiger partial charge on any atom is 0.313 e. The topological polar surface area (TPSA) is 166 Å². The molecule has 3 rings (SSSR count). The molecule has 0 bridgehead atoms. The zero-order chi connectivity index (χ0) is 36.4. The Labute approximate surface area is 292 Å². The summed E-state index contributed by atoms with van der Waals surface area (Å²) in [5.74, 6) is -5.59. The van der Waals surface area contributed by atoms with Crippen LogP contribution in [0.5, 0.6) is 5.75 Å². The first-order valence-corrected chi connectivity index (χ1v) is 16.3. The minimum absolute atomic E-state index is 0.0429. The predicted octanol–water partition coefficient (Wildman–Crippen LogP) is 2.03. The summed E-state index contributed by atoms with van der Waals surface area (Å²) in [5, 5.41) is 12.2. The molecule has 19 heteroatoms. The first-order chi connectivity index (χ1) is 24.9. The Morgan fingerprint density at radius 3 is 1.69 bits per heavy atom. The van der Waals surface area contributed by atoms with Crippen LogP contribution in [0.1, 0.15) is 22.6 Å². The number of rotatable bonds is 31. The Morgan fingerprint density at radius 1 is 0.667 bits per heavy atom. The van der Waals surface area contributed by atoms with Gasteiger partial charge in [0, 0.05) is 18.3 Å². The van der Waals surface area contributed by atoms with Crippen molar-refractivity contribution in [1.29, 1.82) is 0 Å². The van der Waals surface area contributed by atoms with Gasteiger partial charge in [-0.1, -0.05) is 5.21 Å². The summed E-state index contributed by atoms with van der Waals surface area (Å²) in [6.45, 7) is 6.80. The molecule has 0 radical (unpaired) electrons. The number of esters is 1. The highest BCUT2D eigenvalue weighted by Crippen LogP contribution is 2.23. The summed E-state index contributed by atoms with van der Waals surface area (Å²) >= 11 is 0. The Morgan fingerprint density at radius 2 is 1.16 bits per heavy atom. The van der Waals surface area contributed by atoms with Gasteiger partial charge in [0.1, 0.15) is 17.2 Å². The summed E-state index contributed by atoms with van der Waals surface area (Å²) in [5.41, 5.74) is 1.09. The van der Waals surface area contributed by atoms with E-state index in [-0.39, 0.29) is 26.2 Å². The zero-order valence-corrected chi connectivity index (χ0v) is 28.3. The third-order valence-electron chi connectivity index (χ3n) is 6.41. The number of benzene rings is 1. The molecule has 2 aromatic heterocycles. The van der Waals surface area contributed by atoms with E-state index in [0.717, 1.165) is 0 Å². The van der Waals surface area contributed by atoms with Crippen LogP contribution in [-0.2, 0) is 62.4 Å². The average Bonchev–Trinajstić information content (AvgIpc) is 3.78. The summed E-state index contributed by atoms with van der Waals surface area (Å²) in [7, 11) is 0. The lowest BCUT2D eigenvalue weighted by atomic mass is 10.3. The molecule has 0 spiro atoms. The SMILES string of the molecule is O=Cc1ccn(CCOCCOCCOCCOCc2cn(CCOCCOCCOCCOCCC(=O)Oc3c(F)cc(F)cc3F)nn2)n1. The maximum absolute atomic E-state index is 13.5. The van der Waals surface area contributed by atoms with Gasteiger partial charge in [0.2, 0.25) is 5.75 Å². The minimum Gasteiger partial charge on any atom is -0.420 e. The lowest BCUT2D eigenvalue weighted by Gasteiger charge is -2.08. The van der Waals surface area contributed by atoms with Crippen molar-refractivity contribution in [3.05, 3.63) is 59.4 Å². The molecule has 0 unspecified atom stereocenters. The Kier molecular flexibility index (Phi) is 21.2. The summed E-state index contributed by atoms with van der Waals surface area (Å²) in [6.07, 6.45) is 3.97. The fourth-order valence-corrected chi connectivity index (χ4v) is 3.94. The first kappa shape index (κ1) is 41.6. The molecule has 0 aliphatic heterocycles. The lowest BCUT2D eigenvalue weighted by molar-refractivity contribution is -0.136. The second-order valence-corrected chi connectivity index (χ2v) is 10.4. The number of ether oxygens (including phenoxy) is 9. The van der Waals surface area contributed by atoms with Crippen LogP contribution in [0.4, 0.5) is 13.2 Å². The van der Waals surface area contributed by atoms with E-state index < -0.39 is 29.2 Å². The molecule has 51 heavy (non-hydrogen) atoms. The fraction of sp³-hybridized carbons (Fsp3) is 0.594. The van der Waals surface area contributed by atoms with Crippen molar-refractivity contribution in [3.8, 4) is 5.75 Å². The summed E-state index contributed by atoms with van der Waals surface area (Å²) in [4.78, 5) is 22.3. The van der Waals surface area contributed by atoms with Crippen LogP contribution in [0.2, 0.25) is 0 Å². The largest absolute Gasteiger partial charge is 0.420 e. The smallest absolute Gasteiger partial charge is 0.313 e. The van der Waals surface area contributed by atoms with Gasteiger partial charge in [-0.3, -0.25) is 14.3 Å². The second-order valence-electron chi connectivity index (χ2n) is 10.4. The van der Waals surface area contributed by atoms with Crippen molar-refractivity contribution in [2.45, 2.75) is 26.1 Å².